The number of aryl methyl sites for hydroxylation is 2. The Kier molecular flexibility index (Phi) is 6.05. The van der Waals surface area contributed by atoms with Gasteiger partial charge in [0.05, 0.1) is 0 Å². The maximum absolute atomic E-state index is 12.5. The SMILES string of the molecule is Cc1cc(C(=O)c2ccccc2)ccc1OC(=O)CCc1ccc(Cl)cc1. The molecule has 3 aromatic carbocycles. The Balaban J connectivity index is 1.62. The molecule has 0 amide bonds. The van der Waals surface area contributed by atoms with Crippen LogP contribution in [-0.2, 0) is 11.2 Å². The van der Waals surface area contributed by atoms with Crippen LogP contribution in [0.25, 0.3) is 0 Å². The van der Waals surface area contributed by atoms with Crippen molar-refractivity contribution in [3.8, 4) is 5.75 Å². The molecule has 0 aliphatic carbocycles. The van der Waals surface area contributed by atoms with Gasteiger partial charge in [0.15, 0.2) is 5.78 Å². The van der Waals surface area contributed by atoms with Crippen molar-refractivity contribution in [2.45, 2.75) is 19.8 Å². The molecular weight excluding hydrogens is 360 g/mol. The Morgan fingerprint density at radius 2 is 1.59 bits per heavy atom. The van der Waals surface area contributed by atoms with Gasteiger partial charge in [-0.25, -0.2) is 0 Å². The minimum atomic E-state index is -0.310. The summed E-state index contributed by atoms with van der Waals surface area (Å²) >= 11 is 5.86. The van der Waals surface area contributed by atoms with Crippen molar-refractivity contribution in [2.24, 2.45) is 0 Å². The highest BCUT2D eigenvalue weighted by atomic mass is 35.5. The summed E-state index contributed by atoms with van der Waals surface area (Å²) in [6.07, 6.45) is 0.853. The Morgan fingerprint density at radius 1 is 0.889 bits per heavy atom. The van der Waals surface area contributed by atoms with Crippen molar-refractivity contribution in [2.75, 3.05) is 0 Å². The lowest BCUT2D eigenvalue weighted by Gasteiger charge is -2.09. The second kappa shape index (κ2) is 8.65. The van der Waals surface area contributed by atoms with Gasteiger partial charge in [0.1, 0.15) is 5.75 Å². The number of carbonyl (C=O) groups excluding carboxylic acids is 2. The third-order valence-corrected chi connectivity index (χ3v) is 4.48. The molecule has 0 heterocycles. The molecule has 0 saturated heterocycles. The van der Waals surface area contributed by atoms with Crippen molar-refractivity contribution in [3.05, 3.63) is 100 Å². The summed E-state index contributed by atoms with van der Waals surface area (Å²) in [5.74, 6) is 0.107. The van der Waals surface area contributed by atoms with Gasteiger partial charge in [-0.1, -0.05) is 54.1 Å². The first-order chi connectivity index (χ1) is 13.0. The molecule has 136 valence electrons. The molecule has 0 aromatic heterocycles. The Bertz CT molecular complexity index is 947. The first-order valence-electron chi connectivity index (χ1n) is 8.68. The third kappa shape index (κ3) is 5.05. The van der Waals surface area contributed by atoms with Gasteiger partial charge in [-0.3, -0.25) is 9.59 Å². The summed E-state index contributed by atoms with van der Waals surface area (Å²) in [5.41, 5.74) is 2.97. The van der Waals surface area contributed by atoms with E-state index in [1.54, 1.807) is 42.5 Å². The lowest BCUT2D eigenvalue weighted by Crippen LogP contribution is -2.10. The monoisotopic (exact) mass is 378 g/mol. The van der Waals surface area contributed by atoms with Crippen molar-refractivity contribution in [1.82, 2.24) is 0 Å². The van der Waals surface area contributed by atoms with Crippen LogP contribution in [0.15, 0.2) is 72.8 Å². The number of ketones is 1. The number of esters is 1. The molecular formula is C23H19ClO3. The molecule has 0 saturated carbocycles. The maximum atomic E-state index is 12.5. The second-order valence-corrected chi connectivity index (χ2v) is 6.71. The molecule has 0 fully saturated rings. The number of carbonyl (C=O) groups is 2. The average molecular weight is 379 g/mol. The lowest BCUT2D eigenvalue weighted by molar-refractivity contribution is -0.134. The summed E-state index contributed by atoms with van der Waals surface area (Å²) in [6, 6.07) is 21.6. The zero-order valence-electron chi connectivity index (χ0n) is 14.9. The number of halogens is 1. The smallest absolute Gasteiger partial charge is 0.311 e. The highest BCUT2D eigenvalue weighted by molar-refractivity contribution is 6.30. The minimum Gasteiger partial charge on any atom is -0.426 e. The molecule has 0 aliphatic heterocycles. The zero-order valence-corrected chi connectivity index (χ0v) is 15.7. The summed E-state index contributed by atoms with van der Waals surface area (Å²) in [6.45, 7) is 1.82. The molecule has 3 rings (SSSR count). The number of ether oxygens (including phenoxy) is 1. The molecule has 0 aliphatic rings. The molecule has 3 nitrogen and oxygen atoms in total. The van der Waals surface area contributed by atoms with Crippen LogP contribution in [0, 0.1) is 6.92 Å². The van der Waals surface area contributed by atoms with Crippen molar-refractivity contribution >= 4 is 23.4 Å². The van der Waals surface area contributed by atoms with E-state index in [1.807, 2.05) is 37.3 Å². The fraction of sp³-hybridized carbons (Fsp3) is 0.130. The number of rotatable bonds is 6. The van der Waals surface area contributed by atoms with E-state index in [0.717, 1.165) is 11.1 Å². The number of hydrogen-bond acceptors (Lipinski definition) is 3. The number of benzene rings is 3. The molecule has 0 spiro atoms. The van der Waals surface area contributed by atoms with Crippen LogP contribution in [-0.4, -0.2) is 11.8 Å². The van der Waals surface area contributed by atoms with E-state index in [1.165, 1.54) is 0 Å². The van der Waals surface area contributed by atoms with Gasteiger partial charge in [0.2, 0.25) is 0 Å². The molecule has 3 aromatic rings. The standard InChI is InChI=1S/C23H19ClO3/c1-16-15-19(23(26)18-5-3-2-4-6-18)10-13-21(16)27-22(25)14-9-17-7-11-20(24)12-8-17/h2-8,10-13,15H,9,14H2,1H3. The second-order valence-electron chi connectivity index (χ2n) is 6.28. The van der Waals surface area contributed by atoms with Crippen LogP contribution in [0.3, 0.4) is 0 Å². The minimum absolute atomic E-state index is 0.0562. The molecule has 0 N–H and O–H groups in total. The highest BCUT2D eigenvalue weighted by Gasteiger charge is 2.13. The Labute approximate surface area is 163 Å². The third-order valence-electron chi connectivity index (χ3n) is 4.23. The Hall–Kier alpha value is -2.91. The number of hydrogen-bond donors (Lipinski definition) is 0. The van der Waals surface area contributed by atoms with E-state index >= 15 is 0 Å². The van der Waals surface area contributed by atoms with Gasteiger partial charge in [-0.05, 0) is 54.8 Å². The van der Waals surface area contributed by atoms with Crippen LogP contribution in [0.5, 0.6) is 5.75 Å². The summed E-state index contributed by atoms with van der Waals surface area (Å²) in [4.78, 5) is 24.6. The fourth-order valence-corrected chi connectivity index (χ4v) is 2.86. The van der Waals surface area contributed by atoms with Gasteiger partial charge in [0.25, 0.3) is 0 Å². The van der Waals surface area contributed by atoms with Gasteiger partial charge in [-0.2, -0.15) is 0 Å². The molecule has 27 heavy (non-hydrogen) atoms. The average Bonchev–Trinajstić information content (AvgIpc) is 2.69. The van der Waals surface area contributed by atoms with Crippen LogP contribution < -0.4 is 4.74 Å². The van der Waals surface area contributed by atoms with E-state index in [4.69, 9.17) is 16.3 Å². The predicted molar refractivity (Wildman–Crippen MR) is 106 cm³/mol. The van der Waals surface area contributed by atoms with Gasteiger partial charge < -0.3 is 4.74 Å². The van der Waals surface area contributed by atoms with Crippen molar-refractivity contribution in [1.29, 1.82) is 0 Å². The van der Waals surface area contributed by atoms with Crippen LogP contribution in [0.1, 0.15) is 33.5 Å². The van der Waals surface area contributed by atoms with Gasteiger partial charge in [-0.15, -0.1) is 0 Å². The van der Waals surface area contributed by atoms with E-state index < -0.39 is 0 Å². The van der Waals surface area contributed by atoms with Crippen LogP contribution in [0.2, 0.25) is 5.02 Å². The van der Waals surface area contributed by atoms with E-state index in [0.29, 0.717) is 28.3 Å². The zero-order chi connectivity index (χ0) is 19.2. The van der Waals surface area contributed by atoms with Gasteiger partial charge in [0, 0.05) is 22.6 Å². The maximum Gasteiger partial charge on any atom is 0.311 e. The first kappa shape index (κ1) is 18.9. The van der Waals surface area contributed by atoms with Crippen molar-refractivity contribution < 1.29 is 14.3 Å². The fourth-order valence-electron chi connectivity index (χ4n) is 2.73. The summed E-state index contributed by atoms with van der Waals surface area (Å²) in [5, 5.41) is 0.669. The Morgan fingerprint density at radius 3 is 2.26 bits per heavy atom. The van der Waals surface area contributed by atoms with E-state index in [2.05, 4.69) is 0 Å². The largest absolute Gasteiger partial charge is 0.426 e. The quantitative estimate of drug-likeness (QED) is 0.327. The molecule has 0 radical (unpaired) electrons. The van der Waals surface area contributed by atoms with E-state index in [-0.39, 0.29) is 18.2 Å². The summed E-state index contributed by atoms with van der Waals surface area (Å²) in [7, 11) is 0. The molecule has 0 atom stereocenters. The highest BCUT2D eigenvalue weighted by Crippen LogP contribution is 2.22. The first-order valence-corrected chi connectivity index (χ1v) is 9.06. The molecule has 4 heteroatoms. The predicted octanol–water partition coefficient (Wildman–Crippen LogP) is 5.42. The van der Waals surface area contributed by atoms with Crippen LogP contribution in [0.4, 0.5) is 0 Å². The topological polar surface area (TPSA) is 43.4 Å². The van der Waals surface area contributed by atoms with Crippen LogP contribution >= 0.6 is 11.6 Å². The van der Waals surface area contributed by atoms with Crippen molar-refractivity contribution in [3.63, 3.8) is 0 Å². The molecule has 0 unspecified atom stereocenters. The van der Waals surface area contributed by atoms with E-state index in [9.17, 15) is 9.59 Å². The lowest BCUT2D eigenvalue weighted by atomic mass is 10.0. The molecule has 0 bridgehead atoms. The summed E-state index contributed by atoms with van der Waals surface area (Å²) < 4.78 is 5.45. The normalized spacial score (nSPS) is 10.4. The van der Waals surface area contributed by atoms with Gasteiger partial charge >= 0.3 is 5.97 Å².